The fourth-order valence-electron chi connectivity index (χ4n) is 2.16. The van der Waals surface area contributed by atoms with Crippen molar-refractivity contribution in [3.8, 4) is 0 Å². The molecule has 5 heteroatoms. The van der Waals surface area contributed by atoms with Gasteiger partial charge in [0, 0.05) is 25.0 Å². The molecule has 4 nitrogen and oxygen atoms in total. The van der Waals surface area contributed by atoms with Crippen molar-refractivity contribution < 1.29 is 9.90 Å². The van der Waals surface area contributed by atoms with Crippen molar-refractivity contribution in [2.75, 3.05) is 13.1 Å². The average molecular weight is 254 g/mol. The zero-order chi connectivity index (χ0) is 12.3. The zero-order valence-electron chi connectivity index (χ0n) is 10.1. The Kier molecular flexibility index (Phi) is 4.12. The highest BCUT2D eigenvalue weighted by atomic mass is 32.1. The number of aryl methyl sites for hydroxylation is 1. The molecule has 0 aromatic carbocycles. The van der Waals surface area contributed by atoms with E-state index in [9.17, 15) is 4.79 Å². The van der Waals surface area contributed by atoms with Crippen LogP contribution in [0.1, 0.15) is 30.5 Å². The molecule has 0 atom stereocenters. The van der Waals surface area contributed by atoms with Crippen molar-refractivity contribution in [1.29, 1.82) is 0 Å². The van der Waals surface area contributed by atoms with Crippen molar-refractivity contribution in [3.05, 3.63) is 16.1 Å². The summed E-state index contributed by atoms with van der Waals surface area (Å²) in [5, 5.41) is 12.0. The Morgan fingerprint density at radius 3 is 3.06 bits per heavy atom. The number of thiazole rings is 1. The highest BCUT2D eigenvalue weighted by molar-refractivity contribution is 7.09. The molecule has 2 rings (SSSR count). The van der Waals surface area contributed by atoms with Gasteiger partial charge in [0.2, 0.25) is 0 Å². The summed E-state index contributed by atoms with van der Waals surface area (Å²) in [5.41, 5.74) is 1.13. The lowest BCUT2D eigenvalue weighted by molar-refractivity contribution is -0.139. The number of carboxylic acids is 1. The largest absolute Gasteiger partial charge is 0.481 e. The first kappa shape index (κ1) is 12.5. The van der Waals surface area contributed by atoms with Gasteiger partial charge in [-0.25, -0.2) is 4.98 Å². The van der Waals surface area contributed by atoms with E-state index >= 15 is 0 Å². The van der Waals surface area contributed by atoms with E-state index in [1.54, 1.807) is 11.3 Å². The summed E-state index contributed by atoms with van der Waals surface area (Å²) < 4.78 is 0. The van der Waals surface area contributed by atoms with Gasteiger partial charge in [-0.05, 0) is 18.8 Å². The normalized spacial score (nSPS) is 17.0. The summed E-state index contributed by atoms with van der Waals surface area (Å²) in [6, 6.07) is 0. The molecule has 17 heavy (non-hydrogen) atoms. The van der Waals surface area contributed by atoms with Gasteiger partial charge >= 0.3 is 5.97 Å². The number of carboxylic acid groups (broad SMARTS) is 1. The van der Waals surface area contributed by atoms with E-state index in [1.807, 2.05) is 0 Å². The smallest absolute Gasteiger partial charge is 0.303 e. The number of hydrogen-bond acceptors (Lipinski definition) is 4. The van der Waals surface area contributed by atoms with Crippen LogP contribution in [-0.4, -0.2) is 34.0 Å². The van der Waals surface area contributed by atoms with Gasteiger partial charge in [-0.15, -0.1) is 11.3 Å². The average Bonchev–Trinajstić information content (AvgIpc) is 2.62. The minimum absolute atomic E-state index is 0.300. The quantitative estimate of drug-likeness (QED) is 0.843. The van der Waals surface area contributed by atoms with Gasteiger partial charge in [0.05, 0.1) is 17.1 Å². The predicted octanol–water partition coefficient (Wildman–Crippen LogP) is 2.00. The third kappa shape index (κ3) is 3.51. The third-order valence-corrected chi connectivity index (χ3v) is 3.90. The van der Waals surface area contributed by atoms with Crippen LogP contribution in [0.25, 0.3) is 0 Å². The first-order valence-electron chi connectivity index (χ1n) is 6.04. The number of nitrogens with zero attached hydrogens (tertiary/aromatic N) is 2. The number of aromatic nitrogens is 1. The molecule has 1 N–H and O–H groups in total. The van der Waals surface area contributed by atoms with Crippen molar-refractivity contribution in [2.45, 2.75) is 32.7 Å². The van der Waals surface area contributed by atoms with Gasteiger partial charge in [0.25, 0.3) is 0 Å². The molecule has 1 aromatic heterocycles. The van der Waals surface area contributed by atoms with E-state index in [0.29, 0.717) is 12.3 Å². The molecule has 0 amide bonds. The SMILES string of the molecule is CCCc1nc(CN2CC(CC(=O)O)C2)cs1. The second-order valence-corrected chi connectivity index (χ2v) is 5.58. The fraction of sp³-hybridized carbons (Fsp3) is 0.667. The summed E-state index contributed by atoms with van der Waals surface area (Å²) in [6.07, 6.45) is 2.50. The van der Waals surface area contributed by atoms with Crippen molar-refractivity contribution in [1.82, 2.24) is 9.88 Å². The summed E-state index contributed by atoms with van der Waals surface area (Å²) >= 11 is 1.73. The lowest BCUT2D eigenvalue weighted by Gasteiger charge is -2.38. The number of carbonyl (C=O) groups is 1. The Morgan fingerprint density at radius 1 is 1.65 bits per heavy atom. The van der Waals surface area contributed by atoms with Gasteiger partial charge < -0.3 is 5.11 Å². The fourth-order valence-corrected chi connectivity index (χ4v) is 3.05. The number of likely N-dealkylation sites (tertiary alicyclic amines) is 1. The van der Waals surface area contributed by atoms with E-state index in [2.05, 4.69) is 22.2 Å². The molecule has 0 unspecified atom stereocenters. The number of rotatable bonds is 6. The van der Waals surface area contributed by atoms with E-state index in [-0.39, 0.29) is 0 Å². The van der Waals surface area contributed by atoms with E-state index in [1.165, 1.54) is 5.01 Å². The molecule has 1 fully saturated rings. The first-order chi connectivity index (χ1) is 8.17. The topological polar surface area (TPSA) is 53.4 Å². The molecule has 0 bridgehead atoms. The van der Waals surface area contributed by atoms with Crippen LogP contribution in [0.2, 0.25) is 0 Å². The third-order valence-electron chi connectivity index (χ3n) is 2.94. The van der Waals surface area contributed by atoms with Crippen LogP contribution in [0.3, 0.4) is 0 Å². The van der Waals surface area contributed by atoms with Gasteiger partial charge in [0.1, 0.15) is 0 Å². The van der Waals surface area contributed by atoms with Gasteiger partial charge in [-0.1, -0.05) is 6.92 Å². The number of hydrogen-bond donors (Lipinski definition) is 1. The monoisotopic (exact) mass is 254 g/mol. The molecule has 1 saturated heterocycles. The van der Waals surface area contributed by atoms with Crippen LogP contribution >= 0.6 is 11.3 Å². The molecule has 2 heterocycles. The van der Waals surface area contributed by atoms with Crippen LogP contribution in [0.4, 0.5) is 0 Å². The second-order valence-electron chi connectivity index (χ2n) is 4.64. The van der Waals surface area contributed by atoms with Gasteiger partial charge in [0.15, 0.2) is 0 Å². The Morgan fingerprint density at radius 2 is 2.41 bits per heavy atom. The number of aliphatic carboxylic acids is 1. The molecule has 0 saturated carbocycles. The zero-order valence-corrected chi connectivity index (χ0v) is 10.9. The van der Waals surface area contributed by atoms with Crippen LogP contribution in [0, 0.1) is 5.92 Å². The standard InChI is InChI=1S/C12H18N2O2S/c1-2-3-11-13-10(8-17-11)7-14-5-9(6-14)4-12(15)16/h8-9H,2-7H2,1H3,(H,15,16). The maximum absolute atomic E-state index is 10.5. The maximum atomic E-state index is 10.5. The van der Waals surface area contributed by atoms with Crippen molar-refractivity contribution in [3.63, 3.8) is 0 Å². The Hall–Kier alpha value is -0.940. The summed E-state index contributed by atoms with van der Waals surface area (Å²) in [5.74, 6) is -0.352. The molecule has 0 radical (unpaired) electrons. The second kappa shape index (κ2) is 5.60. The summed E-state index contributed by atoms with van der Waals surface area (Å²) in [7, 11) is 0. The maximum Gasteiger partial charge on any atom is 0.303 e. The van der Waals surface area contributed by atoms with Crippen LogP contribution in [0.5, 0.6) is 0 Å². The molecule has 1 aromatic rings. The highest BCUT2D eigenvalue weighted by Gasteiger charge is 2.28. The van der Waals surface area contributed by atoms with Crippen LogP contribution < -0.4 is 0 Å². The van der Waals surface area contributed by atoms with Crippen molar-refractivity contribution >= 4 is 17.3 Å². The molecule has 0 aliphatic carbocycles. The molecular weight excluding hydrogens is 236 g/mol. The minimum Gasteiger partial charge on any atom is -0.481 e. The predicted molar refractivity (Wildman–Crippen MR) is 67.1 cm³/mol. The van der Waals surface area contributed by atoms with E-state index in [4.69, 9.17) is 5.11 Å². The molecule has 1 aliphatic rings. The molecule has 94 valence electrons. The molecular formula is C12H18N2O2S. The Balaban J connectivity index is 1.73. The molecule has 1 aliphatic heterocycles. The van der Waals surface area contributed by atoms with E-state index < -0.39 is 5.97 Å². The van der Waals surface area contributed by atoms with Crippen LogP contribution in [0.15, 0.2) is 5.38 Å². The van der Waals surface area contributed by atoms with Crippen LogP contribution in [-0.2, 0) is 17.8 Å². The van der Waals surface area contributed by atoms with Gasteiger partial charge in [-0.2, -0.15) is 0 Å². The lowest BCUT2D eigenvalue weighted by Crippen LogP contribution is -2.46. The summed E-state index contributed by atoms with van der Waals surface area (Å²) in [6.45, 7) is 4.82. The van der Waals surface area contributed by atoms with Crippen molar-refractivity contribution in [2.24, 2.45) is 5.92 Å². The van der Waals surface area contributed by atoms with E-state index in [0.717, 1.165) is 38.2 Å². The minimum atomic E-state index is -0.687. The summed E-state index contributed by atoms with van der Waals surface area (Å²) in [4.78, 5) is 17.3. The van der Waals surface area contributed by atoms with Gasteiger partial charge in [-0.3, -0.25) is 9.69 Å². The Labute approximate surface area is 105 Å². The molecule has 0 spiro atoms. The highest BCUT2D eigenvalue weighted by Crippen LogP contribution is 2.22. The first-order valence-corrected chi connectivity index (χ1v) is 6.92. The Bertz CT molecular complexity index is 386. The lowest BCUT2D eigenvalue weighted by atomic mass is 9.96.